The Balaban J connectivity index is 2.33. The largest absolute Gasteiger partial charge is 0.478 e. The Morgan fingerprint density at radius 2 is 1.89 bits per heavy atom. The lowest BCUT2D eigenvalue weighted by molar-refractivity contribution is -0.121. The van der Waals surface area contributed by atoms with Crippen molar-refractivity contribution in [1.82, 2.24) is 5.32 Å². The Bertz CT molecular complexity index is 426. The Kier molecular flexibility index (Phi) is 6.06. The summed E-state index contributed by atoms with van der Waals surface area (Å²) in [7, 11) is 0. The molecule has 1 atom stereocenters. The smallest absolute Gasteiger partial charge is 0.335 e. The summed E-state index contributed by atoms with van der Waals surface area (Å²) in [5.41, 5.74) is 1.30. The first-order chi connectivity index (χ1) is 9.02. The molecule has 4 nitrogen and oxygen atoms in total. The molecule has 1 amide bonds. The SMILES string of the molecule is CCC(C)CC(=O)NCCc1ccc(C(=O)O)cc1. The van der Waals surface area contributed by atoms with E-state index in [-0.39, 0.29) is 11.5 Å². The van der Waals surface area contributed by atoms with Crippen molar-refractivity contribution >= 4 is 11.9 Å². The molecule has 104 valence electrons. The summed E-state index contributed by atoms with van der Waals surface area (Å²) < 4.78 is 0. The van der Waals surface area contributed by atoms with Crippen molar-refractivity contribution < 1.29 is 14.7 Å². The fraction of sp³-hybridized carbons (Fsp3) is 0.467. The Morgan fingerprint density at radius 1 is 1.26 bits per heavy atom. The molecule has 0 saturated carbocycles. The number of amides is 1. The molecule has 4 heteroatoms. The molecule has 1 aromatic rings. The van der Waals surface area contributed by atoms with Crippen molar-refractivity contribution in [2.45, 2.75) is 33.1 Å². The van der Waals surface area contributed by atoms with Crippen molar-refractivity contribution in [3.05, 3.63) is 35.4 Å². The zero-order valence-corrected chi connectivity index (χ0v) is 11.5. The second-order valence-corrected chi connectivity index (χ2v) is 4.82. The average molecular weight is 263 g/mol. The van der Waals surface area contributed by atoms with Crippen LogP contribution in [0.3, 0.4) is 0 Å². The van der Waals surface area contributed by atoms with Gasteiger partial charge in [-0.1, -0.05) is 32.4 Å². The van der Waals surface area contributed by atoms with Crippen molar-refractivity contribution in [3.8, 4) is 0 Å². The monoisotopic (exact) mass is 263 g/mol. The molecule has 0 aliphatic rings. The van der Waals surface area contributed by atoms with E-state index in [2.05, 4.69) is 19.2 Å². The van der Waals surface area contributed by atoms with E-state index < -0.39 is 5.97 Å². The molecule has 1 aromatic carbocycles. The summed E-state index contributed by atoms with van der Waals surface area (Å²) in [4.78, 5) is 22.2. The maximum atomic E-state index is 11.6. The molecule has 0 heterocycles. The van der Waals surface area contributed by atoms with Crippen LogP contribution in [-0.4, -0.2) is 23.5 Å². The van der Waals surface area contributed by atoms with Crippen molar-refractivity contribution in [3.63, 3.8) is 0 Å². The lowest BCUT2D eigenvalue weighted by atomic mass is 10.0. The summed E-state index contributed by atoms with van der Waals surface area (Å²) in [6, 6.07) is 6.73. The molecule has 1 rings (SSSR count). The highest BCUT2D eigenvalue weighted by molar-refractivity contribution is 5.87. The Morgan fingerprint density at radius 3 is 2.42 bits per heavy atom. The zero-order valence-electron chi connectivity index (χ0n) is 11.5. The number of rotatable bonds is 7. The maximum Gasteiger partial charge on any atom is 0.335 e. The third-order valence-corrected chi connectivity index (χ3v) is 3.17. The number of carbonyl (C=O) groups excluding carboxylic acids is 1. The highest BCUT2D eigenvalue weighted by Gasteiger charge is 2.06. The molecule has 19 heavy (non-hydrogen) atoms. The lowest BCUT2D eigenvalue weighted by Gasteiger charge is -2.09. The van der Waals surface area contributed by atoms with Gasteiger partial charge in [-0.2, -0.15) is 0 Å². The molecular weight excluding hydrogens is 242 g/mol. The third-order valence-electron chi connectivity index (χ3n) is 3.17. The van der Waals surface area contributed by atoms with E-state index in [1.807, 2.05) is 0 Å². The topological polar surface area (TPSA) is 66.4 Å². The van der Waals surface area contributed by atoms with Gasteiger partial charge in [0.15, 0.2) is 0 Å². The number of hydrogen-bond acceptors (Lipinski definition) is 2. The Hall–Kier alpha value is -1.84. The van der Waals surface area contributed by atoms with E-state index in [0.717, 1.165) is 12.0 Å². The number of carboxylic acid groups (broad SMARTS) is 1. The van der Waals surface area contributed by atoms with Gasteiger partial charge in [-0.15, -0.1) is 0 Å². The first kappa shape index (κ1) is 15.2. The molecule has 0 radical (unpaired) electrons. The lowest BCUT2D eigenvalue weighted by Crippen LogP contribution is -2.26. The van der Waals surface area contributed by atoms with Gasteiger partial charge < -0.3 is 10.4 Å². The van der Waals surface area contributed by atoms with E-state index in [4.69, 9.17) is 5.11 Å². The van der Waals surface area contributed by atoms with Crippen LogP contribution in [0.25, 0.3) is 0 Å². The highest BCUT2D eigenvalue weighted by atomic mass is 16.4. The first-order valence-electron chi connectivity index (χ1n) is 6.61. The van der Waals surface area contributed by atoms with Crippen LogP contribution in [0.2, 0.25) is 0 Å². The molecule has 0 aliphatic heterocycles. The van der Waals surface area contributed by atoms with Gasteiger partial charge in [0.2, 0.25) is 5.91 Å². The van der Waals surface area contributed by atoms with Gasteiger partial charge in [0.1, 0.15) is 0 Å². The molecule has 2 N–H and O–H groups in total. The van der Waals surface area contributed by atoms with Crippen LogP contribution in [0.1, 0.15) is 42.6 Å². The van der Waals surface area contributed by atoms with Crippen LogP contribution >= 0.6 is 0 Å². The number of benzene rings is 1. The van der Waals surface area contributed by atoms with E-state index in [1.165, 1.54) is 0 Å². The van der Waals surface area contributed by atoms with Crippen LogP contribution in [0.15, 0.2) is 24.3 Å². The van der Waals surface area contributed by atoms with Gasteiger partial charge in [0, 0.05) is 13.0 Å². The minimum atomic E-state index is -0.923. The average Bonchev–Trinajstić information content (AvgIpc) is 2.39. The van der Waals surface area contributed by atoms with Crippen LogP contribution < -0.4 is 5.32 Å². The van der Waals surface area contributed by atoms with E-state index in [9.17, 15) is 9.59 Å². The standard InChI is InChI=1S/C15H21NO3/c1-3-11(2)10-14(17)16-9-8-12-4-6-13(7-5-12)15(18)19/h4-7,11H,3,8-10H2,1-2H3,(H,16,17)(H,18,19). The van der Waals surface area contributed by atoms with Gasteiger partial charge in [-0.3, -0.25) is 4.79 Å². The predicted octanol–water partition coefficient (Wildman–Crippen LogP) is 2.48. The van der Waals surface area contributed by atoms with E-state index in [0.29, 0.717) is 25.3 Å². The van der Waals surface area contributed by atoms with Gasteiger partial charge >= 0.3 is 5.97 Å². The summed E-state index contributed by atoms with van der Waals surface area (Å²) in [5, 5.41) is 11.7. The van der Waals surface area contributed by atoms with Gasteiger partial charge in [0.05, 0.1) is 5.56 Å². The molecule has 1 unspecified atom stereocenters. The maximum absolute atomic E-state index is 11.6. The number of aromatic carboxylic acids is 1. The van der Waals surface area contributed by atoms with Crippen molar-refractivity contribution in [1.29, 1.82) is 0 Å². The van der Waals surface area contributed by atoms with Crippen LogP contribution in [0.5, 0.6) is 0 Å². The number of carboxylic acids is 1. The van der Waals surface area contributed by atoms with Crippen molar-refractivity contribution in [2.24, 2.45) is 5.92 Å². The Labute approximate surface area is 113 Å². The molecule has 0 spiro atoms. The summed E-state index contributed by atoms with van der Waals surface area (Å²) in [6.07, 6.45) is 2.28. The third kappa shape index (κ3) is 5.55. The second-order valence-electron chi connectivity index (χ2n) is 4.82. The summed E-state index contributed by atoms with van der Waals surface area (Å²) in [6.45, 7) is 4.72. The molecule has 0 saturated heterocycles. The fourth-order valence-electron chi connectivity index (χ4n) is 1.69. The first-order valence-corrected chi connectivity index (χ1v) is 6.61. The highest BCUT2D eigenvalue weighted by Crippen LogP contribution is 2.06. The molecule has 0 fully saturated rings. The van der Waals surface area contributed by atoms with Crippen LogP contribution in [0, 0.1) is 5.92 Å². The summed E-state index contributed by atoms with van der Waals surface area (Å²) in [5.74, 6) is -0.431. The summed E-state index contributed by atoms with van der Waals surface area (Å²) >= 11 is 0. The second kappa shape index (κ2) is 7.56. The molecule has 0 bridgehead atoms. The van der Waals surface area contributed by atoms with Gasteiger partial charge in [0.25, 0.3) is 0 Å². The van der Waals surface area contributed by atoms with E-state index in [1.54, 1.807) is 24.3 Å². The zero-order chi connectivity index (χ0) is 14.3. The number of hydrogen-bond donors (Lipinski definition) is 2. The molecule has 0 aliphatic carbocycles. The van der Waals surface area contributed by atoms with E-state index >= 15 is 0 Å². The van der Waals surface area contributed by atoms with Crippen LogP contribution in [-0.2, 0) is 11.2 Å². The van der Waals surface area contributed by atoms with Gasteiger partial charge in [-0.05, 0) is 30.0 Å². The molecule has 0 aromatic heterocycles. The quantitative estimate of drug-likeness (QED) is 0.794. The minimum absolute atomic E-state index is 0.0801. The van der Waals surface area contributed by atoms with Crippen LogP contribution in [0.4, 0.5) is 0 Å². The normalized spacial score (nSPS) is 11.9. The number of nitrogens with one attached hydrogen (secondary N) is 1. The minimum Gasteiger partial charge on any atom is -0.478 e. The van der Waals surface area contributed by atoms with Gasteiger partial charge in [-0.25, -0.2) is 4.79 Å². The predicted molar refractivity (Wildman–Crippen MR) is 74.2 cm³/mol. The molecular formula is C15H21NO3. The fourth-order valence-corrected chi connectivity index (χ4v) is 1.69. The van der Waals surface area contributed by atoms with Crippen molar-refractivity contribution in [2.75, 3.05) is 6.54 Å². The number of carbonyl (C=O) groups is 2.